The van der Waals surface area contributed by atoms with Gasteiger partial charge in [-0.3, -0.25) is 0 Å². The van der Waals surface area contributed by atoms with Crippen molar-refractivity contribution < 1.29 is 0 Å². The molecule has 2 rings (SSSR count). The fourth-order valence-corrected chi connectivity index (χ4v) is 1.89. The Hall–Kier alpha value is -1.15. The van der Waals surface area contributed by atoms with E-state index in [2.05, 4.69) is 43.2 Å². The lowest BCUT2D eigenvalue weighted by atomic mass is 9.88. The van der Waals surface area contributed by atoms with Crippen LogP contribution in [0.1, 0.15) is 19.4 Å². The van der Waals surface area contributed by atoms with Crippen molar-refractivity contribution in [1.82, 2.24) is 4.98 Å². The second kappa shape index (κ2) is 3.78. The minimum atomic E-state index is 0.0836. The van der Waals surface area contributed by atoms with Crippen molar-refractivity contribution in [2.45, 2.75) is 20.3 Å². The van der Waals surface area contributed by atoms with Gasteiger partial charge in [0.05, 0.1) is 0 Å². The molecule has 2 aromatic rings. The molecule has 0 aliphatic heterocycles. The Morgan fingerprint density at radius 1 is 1.33 bits per heavy atom. The van der Waals surface area contributed by atoms with Gasteiger partial charge in [-0.15, -0.1) is 0 Å². The molecule has 0 atom stereocenters. The van der Waals surface area contributed by atoms with Gasteiger partial charge in [-0.2, -0.15) is 0 Å². The van der Waals surface area contributed by atoms with Crippen LogP contribution < -0.4 is 0 Å². The fraction of sp³-hybridized carbons (Fsp3) is 0.308. The van der Waals surface area contributed by atoms with E-state index in [1.807, 2.05) is 11.4 Å². The van der Waals surface area contributed by atoms with Crippen molar-refractivity contribution >= 4 is 28.5 Å². The summed E-state index contributed by atoms with van der Waals surface area (Å²) < 4.78 is 0. The lowest BCUT2D eigenvalue weighted by Gasteiger charge is -2.17. The van der Waals surface area contributed by atoms with Crippen LogP contribution in [0.5, 0.6) is 0 Å². The van der Waals surface area contributed by atoms with Gasteiger partial charge >= 0.3 is 0 Å². The number of para-hydroxylation sites is 1. The zero-order chi connectivity index (χ0) is 10.9. The first-order valence-corrected chi connectivity index (χ1v) is 5.61. The van der Waals surface area contributed by atoms with Crippen LogP contribution in [0.3, 0.4) is 0 Å². The number of rotatable bonds is 3. The maximum atomic E-state index is 5.05. The van der Waals surface area contributed by atoms with Crippen LogP contribution in [-0.4, -0.2) is 10.4 Å². The van der Waals surface area contributed by atoms with Crippen LogP contribution in [0.15, 0.2) is 30.5 Å². The van der Waals surface area contributed by atoms with Gasteiger partial charge in [-0.1, -0.05) is 44.3 Å². The molecule has 1 heterocycles. The van der Waals surface area contributed by atoms with Crippen LogP contribution in [0.25, 0.3) is 10.9 Å². The Morgan fingerprint density at radius 3 is 2.80 bits per heavy atom. The molecule has 2 heteroatoms. The summed E-state index contributed by atoms with van der Waals surface area (Å²) in [6, 6.07) is 8.38. The molecule has 0 spiro atoms. The molecule has 0 amide bonds. The highest BCUT2D eigenvalue weighted by molar-refractivity contribution is 7.79. The van der Waals surface area contributed by atoms with E-state index in [0.717, 1.165) is 6.42 Å². The molecule has 15 heavy (non-hydrogen) atoms. The van der Waals surface area contributed by atoms with E-state index in [0.29, 0.717) is 0 Å². The maximum absolute atomic E-state index is 5.05. The predicted molar refractivity (Wildman–Crippen MR) is 69.4 cm³/mol. The number of fused-ring (bicyclic) bond motifs is 1. The van der Waals surface area contributed by atoms with Gasteiger partial charge in [0, 0.05) is 17.1 Å². The third kappa shape index (κ3) is 2.10. The summed E-state index contributed by atoms with van der Waals surface area (Å²) in [5.41, 5.74) is 2.63. The molecular formula is C13H15NS. The Morgan fingerprint density at radius 2 is 2.07 bits per heavy atom. The number of benzene rings is 1. The molecule has 0 bridgehead atoms. The molecule has 0 radical (unpaired) electrons. The molecule has 0 fully saturated rings. The molecule has 1 nitrogen and oxygen atoms in total. The largest absolute Gasteiger partial charge is 0.361 e. The molecule has 78 valence electrons. The summed E-state index contributed by atoms with van der Waals surface area (Å²) in [4.78, 5) is 3.29. The minimum Gasteiger partial charge on any atom is -0.361 e. The molecular weight excluding hydrogens is 202 g/mol. The molecule has 0 unspecified atom stereocenters. The summed E-state index contributed by atoms with van der Waals surface area (Å²) in [5.74, 6) is 0. The Bertz CT molecular complexity index is 482. The smallest absolute Gasteiger partial charge is 0.0456 e. The van der Waals surface area contributed by atoms with Crippen molar-refractivity contribution in [1.29, 1.82) is 0 Å². The summed E-state index contributed by atoms with van der Waals surface area (Å²) in [6.45, 7) is 4.34. The van der Waals surface area contributed by atoms with Crippen molar-refractivity contribution in [3.8, 4) is 0 Å². The lowest BCUT2D eigenvalue weighted by Crippen LogP contribution is -2.14. The molecule has 1 N–H and O–H groups in total. The number of aromatic nitrogens is 1. The molecule has 0 saturated heterocycles. The predicted octanol–water partition coefficient (Wildman–Crippen LogP) is 3.74. The number of thiocarbonyl (C=S) groups is 1. The van der Waals surface area contributed by atoms with Crippen LogP contribution >= 0.6 is 12.2 Å². The minimum absolute atomic E-state index is 0.0836. The van der Waals surface area contributed by atoms with Gasteiger partial charge in [0.25, 0.3) is 0 Å². The van der Waals surface area contributed by atoms with Crippen molar-refractivity contribution in [2.24, 2.45) is 5.41 Å². The highest BCUT2D eigenvalue weighted by Crippen LogP contribution is 2.25. The summed E-state index contributed by atoms with van der Waals surface area (Å²) >= 11 is 5.05. The second-order valence-electron chi connectivity index (χ2n) is 4.64. The first-order chi connectivity index (χ1) is 7.12. The molecule has 0 aliphatic carbocycles. The topological polar surface area (TPSA) is 15.8 Å². The zero-order valence-electron chi connectivity index (χ0n) is 9.08. The zero-order valence-corrected chi connectivity index (χ0v) is 9.90. The van der Waals surface area contributed by atoms with Gasteiger partial charge in [-0.05, 0) is 28.8 Å². The highest BCUT2D eigenvalue weighted by Gasteiger charge is 2.16. The van der Waals surface area contributed by atoms with Gasteiger partial charge in [0.2, 0.25) is 0 Å². The number of hydrogen-bond donors (Lipinski definition) is 1. The van der Waals surface area contributed by atoms with Crippen molar-refractivity contribution in [3.05, 3.63) is 36.0 Å². The van der Waals surface area contributed by atoms with E-state index in [9.17, 15) is 0 Å². The van der Waals surface area contributed by atoms with E-state index in [1.165, 1.54) is 16.5 Å². The normalized spacial score (nSPS) is 11.9. The van der Waals surface area contributed by atoms with Crippen LogP contribution in [0, 0.1) is 5.41 Å². The Labute approximate surface area is 95.5 Å². The summed E-state index contributed by atoms with van der Waals surface area (Å²) in [5, 5.41) is 3.16. The quantitative estimate of drug-likeness (QED) is 0.774. The van der Waals surface area contributed by atoms with Crippen LogP contribution in [-0.2, 0) is 6.42 Å². The number of aromatic amines is 1. The molecule has 1 aromatic heterocycles. The SMILES string of the molecule is CC(C)(C=S)Cc1c[nH]c2ccccc12. The molecule has 0 aliphatic rings. The van der Waals surface area contributed by atoms with E-state index in [-0.39, 0.29) is 5.41 Å². The van der Waals surface area contributed by atoms with Gasteiger partial charge in [-0.25, -0.2) is 0 Å². The molecule has 1 aromatic carbocycles. The van der Waals surface area contributed by atoms with E-state index in [1.54, 1.807) is 0 Å². The summed E-state index contributed by atoms with van der Waals surface area (Å²) in [7, 11) is 0. The van der Waals surface area contributed by atoms with E-state index in [4.69, 9.17) is 12.2 Å². The van der Waals surface area contributed by atoms with E-state index >= 15 is 0 Å². The average Bonchev–Trinajstić information content (AvgIpc) is 2.62. The number of H-pyrrole nitrogens is 1. The monoisotopic (exact) mass is 217 g/mol. The van der Waals surface area contributed by atoms with Crippen LogP contribution in [0.4, 0.5) is 0 Å². The number of nitrogens with one attached hydrogen (secondary N) is 1. The first-order valence-electron chi connectivity index (χ1n) is 5.14. The highest BCUT2D eigenvalue weighted by atomic mass is 32.1. The second-order valence-corrected chi connectivity index (χ2v) is 4.88. The lowest BCUT2D eigenvalue weighted by molar-refractivity contribution is 0.542. The van der Waals surface area contributed by atoms with Gasteiger partial charge in [0.15, 0.2) is 0 Å². The third-order valence-electron chi connectivity index (χ3n) is 2.64. The Balaban J connectivity index is 2.41. The average molecular weight is 217 g/mol. The summed E-state index contributed by atoms with van der Waals surface area (Å²) in [6.07, 6.45) is 3.08. The maximum Gasteiger partial charge on any atom is 0.0456 e. The van der Waals surface area contributed by atoms with Crippen molar-refractivity contribution in [3.63, 3.8) is 0 Å². The standard InChI is InChI=1S/C13H15NS/c1-13(2,9-15)7-10-8-14-12-6-4-3-5-11(10)12/h3-6,8-9,14H,7H2,1-2H3. The fourth-order valence-electron chi connectivity index (χ4n) is 1.81. The van der Waals surface area contributed by atoms with Gasteiger partial charge in [0.1, 0.15) is 0 Å². The van der Waals surface area contributed by atoms with Crippen LogP contribution in [0.2, 0.25) is 0 Å². The van der Waals surface area contributed by atoms with Crippen molar-refractivity contribution in [2.75, 3.05) is 0 Å². The third-order valence-corrected chi connectivity index (χ3v) is 3.28. The number of hydrogen-bond acceptors (Lipinski definition) is 1. The van der Waals surface area contributed by atoms with E-state index < -0.39 is 0 Å². The molecule has 0 saturated carbocycles. The van der Waals surface area contributed by atoms with Gasteiger partial charge < -0.3 is 4.98 Å². The first kappa shape index (κ1) is 10.4. The Kier molecular flexibility index (Phi) is 2.61.